The van der Waals surface area contributed by atoms with E-state index in [1.165, 1.54) is 0 Å². The number of benzene rings is 2. The van der Waals surface area contributed by atoms with Crippen molar-refractivity contribution in [3.05, 3.63) is 54.7 Å². The minimum absolute atomic E-state index is 0.442. The van der Waals surface area contributed by atoms with E-state index in [9.17, 15) is 4.57 Å². The van der Waals surface area contributed by atoms with Gasteiger partial charge >= 0.3 is 0 Å². The predicted octanol–water partition coefficient (Wildman–Crippen LogP) is 5.23. The number of methoxy groups -OCH3 is 1. The van der Waals surface area contributed by atoms with Crippen molar-refractivity contribution in [2.75, 3.05) is 63.2 Å². The van der Waals surface area contributed by atoms with Gasteiger partial charge in [-0.1, -0.05) is 12.1 Å². The first kappa shape index (κ1) is 26.1. The molecular weight excluding hydrogens is 497 g/mol. The van der Waals surface area contributed by atoms with Gasteiger partial charge in [-0.05, 0) is 70.6 Å². The molecule has 2 aromatic heterocycles. The fourth-order valence-electron chi connectivity index (χ4n) is 5.04. The molecule has 0 unspecified atom stereocenters. The summed E-state index contributed by atoms with van der Waals surface area (Å²) in [7, 11) is 3.52. The van der Waals surface area contributed by atoms with Gasteiger partial charge in [-0.3, -0.25) is 0 Å². The summed E-state index contributed by atoms with van der Waals surface area (Å²) in [6, 6.07) is 16.3. The molecule has 9 nitrogen and oxygen atoms in total. The Morgan fingerprint density at radius 3 is 2.53 bits per heavy atom. The van der Waals surface area contributed by atoms with Crippen LogP contribution in [-0.4, -0.2) is 73.5 Å². The lowest BCUT2D eigenvalue weighted by Crippen LogP contribution is -2.42. The van der Waals surface area contributed by atoms with Crippen molar-refractivity contribution in [3.8, 4) is 5.75 Å². The zero-order valence-corrected chi connectivity index (χ0v) is 23.5. The summed E-state index contributed by atoms with van der Waals surface area (Å²) in [4.78, 5) is 17.3. The molecule has 3 N–H and O–H groups in total. The second kappa shape index (κ2) is 10.7. The molecule has 3 heterocycles. The van der Waals surface area contributed by atoms with Gasteiger partial charge in [0.2, 0.25) is 5.95 Å². The fourth-order valence-corrected chi connectivity index (χ4v) is 6.19. The maximum atomic E-state index is 12.9. The molecule has 4 aromatic rings. The molecule has 1 aliphatic rings. The number of fused-ring (bicyclic) bond motifs is 1. The number of hydrogen-bond donors (Lipinski definition) is 3. The molecule has 1 aliphatic heterocycles. The van der Waals surface area contributed by atoms with E-state index < -0.39 is 7.14 Å². The first-order valence-corrected chi connectivity index (χ1v) is 15.5. The van der Waals surface area contributed by atoms with Crippen LogP contribution in [-0.2, 0) is 4.57 Å². The van der Waals surface area contributed by atoms with E-state index >= 15 is 0 Å². The Labute approximate surface area is 224 Å². The molecule has 5 rings (SSSR count). The van der Waals surface area contributed by atoms with Crippen LogP contribution in [0, 0.1) is 0 Å². The number of rotatable bonds is 8. The third-order valence-electron chi connectivity index (χ3n) is 7.12. The molecule has 200 valence electrons. The van der Waals surface area contributed by atoms with E-state index in [0.717, 1.165) is 59.4 Å². The summed E-state index contributed by atoms with van der Waals surface area (Å²) < 4.78 is 18.7. The van der Waals surface area contributed by atoms with Crippen LogP contribution in [0.1, 0.15) is 12.8 Å². The monoisotopic (exact) mass is 533 g/mol. The molecule has 1 saturated heterocycles. The van der Waals surface area contributed by atoms with Crippen molar-refractivity contribution in [1.82, 2.24) is 19.9 Å². The predicted molar refractivity (Wildman–Crippen MR) is 158 cm³/mol. The van der Waals surface area contributed by atoms with Gasteiger partial charge < -0.3 is 34.7 Å². The SMILES string of the molecule is COc1cc(Nc2nc(Nc3ccccc3P(C)(C)=O)c3cc[nH]c3n2)ccc1N1CCC(N(C)C)CC1. The summed E-state index contributed by atoms with van der Waals surface area (Å²) in [5.41, 5.74) is 3.40. The number of ether oxygens (including phenoxy) is 1. The Hall–Kier alpha value is -3.55. The highest BCUT2D eigenvalue weighted by atomic mass is 31.2. The summed E-state index contributed by atoms with van der Waals surface area (Å²) in [6.07, 6.45) is 4.09. The first-order chi connectivity index (χ1) is 18.2. The number of hydrogen-bond acceptors (Lipinski definition) is 8. The van der Waals surface area contributed by atoms with Crippen LogP contribution < -0.4 is 25.6 Å². The number of nitrogens with one attached hydrogen (secondary N) is 3. The third kappa shape index (κ3) is 5.49. The Morgan fingerprint density at radius 1 is 1.05 bits per heavy atom. The fraction of sp³-hybridized carbons (Fsp3) is 0.357. The van der Waals surface area contributed by atoms with Crippen molar-refractivity contribution in [1.29, 1.82) is 0 Å². The summed E-state index contributed by atoms with van der Waals surface area (Å²) >= 11 is 0. The Morgan fingerprint density at radius 2 is 1.82 bits per heavy atom. The van der Waals surface area contributed by atoms with Crippen molar-refractivity contribution >= 4 is 52.3 Å². The molecule has 0 bridgehead atoms. The first-order valence-electron chi connectivity index (χ1n) is 12.9. The van der Waals surface area contributed by atoms with E-state index in [1.807, 2.05) is 48.7 Å². The van der Waals surface area contributed by atoms with Crippen molar-refractivity contribution in [2.45, 2.75) is 18.9 Å². The molecule has 0 saturated carbocycles. The largest absolute Gasteiger partial charge is 0.495 e. The van der Waals surface area contributed by atoms with Gasteiger partial charge in [-0.25, -0.2) is 0 Å². The standard InChI is InChI=1S/C28H36N7O2P/c1-34(2)20-13-16-35(17-14-20)23-11-10-19(18-24(23)37-3)30-28-32-26-21(12-15-29-26)27(33-28)31-22-8-6-7-9-25(22)38(4,5)36/h6-12,15,18,20H,13-14,16-17H2,1-5H3,(H3,29,30,31,32,33). The van der Waals surface area contributed by atoms with Crippen LogP contribution >= 0.6 is 7.14 Å². The molecular formula is C28H36N7O2P. The summed E-state index contributed by atoms with van der Waals surface area (Å²) in [5, 5.41) is 8.38. The number of piperidine rings is 1. The highest BCUT2D eigenvalue weighted by Crippen LogP contribution is 2.39. The number of H-pyrrole nitrogens is 1. The van der Waals surface area contributed by atoms with E-state index in [1.54, 1.807) is 20.4 Å². The molecule has 2 aromatic carbocycles. The summed E-state index contributed by atoms with van der Waals surface area (Å²) in [5.74, 6) is 1.89. The van der Waals surface area contributed by atoms with E-state index in [0.29, 0.717) is 23.5 Å². The smallest absolute Gasteiger partial charge is 0.231 e. The van der Waals surface area contributed by atoms with Gasteiger partial charge in [-0.15, -0.1) is 0 Å². The molecule has 0 aliphatic carbocycles. The molecule has 38 heavy (non-hydrogen) atoms. The lowest BCUT2D eigenvalue weighted by atomic mass is 10.0. The zero-order chi connectivity index (χ0) is 26.9. The quantitative estimate of drug-likeness (QED) is 0.265. The lowest BCUT2D eigenvalue weighted by molar-refractivity contribution is 0.249. The lowest BCUT2D eigenvalue weighted by Gasteiger charge is -2.37. The molecule has 0 spiro atoms. The molecule has 0 amide bonds. The topological polar surface area (TPSA) is 98.4 Å². The molecule has 0 atom stereocenters. The number of nitrogens with zero attached hydrogens (tertiary/aromatic N) is 4. The maximum Gasteiger partial charge on any atom is 0.231 e. The van der Waals surface area contributed by atoms with Gasteiger partial charge in [0.25, 0.3) is 0 Å². The van der Waals surface area contributed by atoms with E-state index in [4.69, 9.17) is 9.72 Å². The second-order valence-corrected chi connectivity index (χ2v) is 13.5. The average Bonchev–Trinajstić information content (AvgIpc) is 3.37. The van der Waals surface area contributed by atoms with Crippen LogP contribution in [0.5, 0.6) is 5.75 Å². The van der Waals surface area contributed by atoms with Crippen LogP contribution in [0.3, 0.4) is 0 Å². The number of para-hydroxylation sites is 1. The van der Waals surface area contributed by atoms with Crippen molar-refractivity contribution < 1.29 is 9.30 Å². The van der Waals surface area contributed by atoms with Crippen molar-refractivity contribution in [3.63, 3.8) is 0 Å². The average molecular weight is 534 g/mol. The number of aromatic amines is 1. The van der Waals surface area contributed by atoms with Crippen LogP contribution in [0.25, 0.3) is 11.0 Å². The minimum Gasteiger partial charge on any atom is -0.495 e. The van der Waals surface area contributed by atoms with Gasteiger partial charge in [0, 0.05) is 42.4 Å². The zero-order valence-electron chi connectivity index (χ0n) is 22.7. The normalized spacial score (nSPS) is 14.7. The second-order valence-electron chi connectivity index (χ2n) is 10.3. The molecule has 1 fully saturated rings. The Kier molecular flexibility index (Phi) is 7.32. The highest BCUT2D eigenvalue weighted by molar-refractivity contribution is 7.70. The van der Waals surface area contributed by atoms with Crippen LogP contribution in [0.2, 0.25) is 0 Å². The van der Waals surface area contributed by atoms with Crippen LogP contribution in [0.15, 0.2) is 54.7 Å². The highest BCUT2D eigenvalue weighted by Gasteiger charge is 2.23. The maximum absolute atomic E-state index is 12.9. The van der Waals surface area contributed by atoms with Crippen molar-refractivity contribution in [2.24, 2.45) is 0 Å². The number of anilines is 5. The van der Waals surface area contributed by atoms with Gasteiger partial charge in [-0.2, -0.15) is 9.97 Å². The van der Waals surface area contributed by atoms with Crippen LogP contribution in [0.4, 0.5) is 28.8 Å². The van der Waals surface area contributed by atoms with E-state index in [2.05, 4.69) is 50.6 Å². The summed E-state index contributed by atoms with van der Waals surface area (Å²) in [6.45, 7) is 5.54. The van der Waals surface area contributed by atoms with Gasteiger partial charge in [0.15, 0.2) is 0 Å². The van der Waals surface area contributed by atoms with E-state index in [-0.39, 0.29) is 0 Å². The number of aromatic nitrogens is 3. The molecule has 0 radical (unpaired) electrons. The molecule has 10 heteroatoms. The van der Waals surface area contributed by atoms with Gasteiger partial charge in [0.05, 0.1) is 23.9 Å². The Bertz CT molecular complexity index is 1470. The third-order valence-corrected chi connectivity index (χ3v) is 8.67. The minimum atomic E-state index is -2.49. The Balaban J connectivity index is 1.41. The van der Waals surface area contributed by atoms with Gasteiger partial charge in [0.1, 0.15) is 24.4 Å².